The van der Waals surface area contributed by atoms with Crippen molar-refractivity contribution < 1.29 is 14.3 Å². The third-order valence-electron chi connectivity index (χ3n) is 2.81. The molecule has 2 N–H and O–H groups in total. The van der Waals surface area contributed by atoms with E-state index in [1.54, 1.807) is 13.0 Å². The maximum atomic E-state index is 13.0. The number of hydrogen-bond acceptors (Lipinski definition) is 2. The van der Waals surface area contributed by atoms with Gasteiger partial charge in [0.25, 0.3) is 0 Å². The van der Waals surface area contributed by atoms with Gasteiger partial charge in [-0.1, -0.05) is 12.1 Å². The Bertz CT molecular complexity index is 393. The van der Waals surface area contributed by atoms with Crippen LogP contribution in [-0.2, 0) is 11.2 Å². The molecule has 0 fully saturated rings. The number of nitrogens with one attached hydrogen (secondary N) is 1. The zero-order chi connectivity index (χ0) is 13.4. The van der Waals surface area contributed by atoms with Crippen LogP contribution in [0.2, 0.25) is 0 Å². The standard InChI is InChI=1S/C14H20FNO2/c1-11-10-12(5-6-13(11)15)7-9-16-8-3-2-4-14(17)18/h5-6,10,16H,2-4,7-9H2,1H3,(H,17,18). The third-order valence-corrected chi connectivity index (χ3v) is 2.81. The lowest BCUT2D eigenvalue weighted by molar-refractivity contribution is -0.137. The molecule has 1 rings (SSSR count). The first-order valence-electron chi connectivity index (χ1n) is 6.27. The molecule has 0 amide bonds. The molecule has 0 saturated heterocycles. The second-order valence-corrected chi connectivity index (χ2v) is 4.43. The number of unbranched alkanes of at least 4 members (excludes halogenated alkanes) is 1. The average molecular weight is 253 g/mol. The zero-order valence-corrected chi connectivity index (χ0v) is 10.7. The summed E-state index contributed by atoms with van der Waals surface area (Å²) < 4.78 is 13.0. The van der Waals surface area contributed by atoms with Crippen LogP contribution in [-0.4, -0.2) is 24.2 Å². The maximum Gasteiger partial charge on any atom is 0.303 e. The van der Waals surface area contributed by atoms with Crippen molar-refractivity contribution in [2.24, 2.45) is 0 Å². The van der Waals surface area contributed by atoms with Gasteiger partial charge in [-0.2, -0.15) is 0 Å². The molecule has 0 spiro atoms. The topological polar surface area (TPSA) is 49.3 Å². The minimum Gasteiger partial charge on any atom is -0.481 e. The molecule has 0 aromatic heterocycles. The van der Waals surface area contributed by atoms with Crippen molar-refractivity contribution in [1.82, 2.24) is 5.32 Å². The molecular formula is C14H20FNO2. The van der Waals surface area contributed by atoms with E-state index in [2.05, 4.69) is 5.32 Å². The molecule has 4 heteroatoms. The Morgan fingerprint density at radius 1 is 1.33 bits per heavy atom. The minimum atomic E-state index is -0.739. The Morgan fingerprint density at radius 3 is 2.78 bits per heavy atom. The molecule has 1 aromatic rings. The van der Waals surface area contributed by atoms with Crippen molar-refractivity contribution in [3.05, 3.63) is 35.1 Å². The number of carbonyl (C=O) groups is 1. The van der Waals surface area contributed by atoms with E-state index in [9.17, 15) is 9.18 Å². The van der Waals surface area contributed by atoms with Gasteiger partial charge in [0.15, 0.2) is 0 Å². The SMILES string of the molecule is Cc1cc(CCNCCCCC(=O)O)ccc1F. The summed E-state index contributed by atoms with van der Waals surface area (Å²) in [5.41, 5.74) is 1.79. The highest BCUT2D eigenvalue weighted by Gasteiger charge is 1.99. The van der Waals surface area contributed by atoms with E-state index in [-0.39, 0.29) is 12.2 Å². The largest absolute Gasteiger partial charge is 0.481 e. The van der Waals surface area contributed by atoms with Gasteiger partial charge < -0.3 is 10.4 Å². The quantitative estimate of drug-likeness (QED) is 0.700. The highest BCUT2D eigenvalue weighted by molar-refractivity contribution is 5.66. The van der Waals surface area contributed by atoms with Gasteiger partial charge in [-0.3, -0.25) is 4.79 Å². The summed E-state index contributed by atoms with van der Waals surface area (Å²) in [5.74, 6) is -0.905. The van der Waals surface area contributed by atoms with Gasteiger partial charge in [-0.15, -0.1) is 0 Å². The lowest BCUT2D eigenvalue weighted by atomic mass is 10.1. The van der Waals surface area contributed by atoms with Crippen LogP contribution in [0.1, 0.15) is 30.4 Å². The van der Waals surface area contributed by atoms with E-state index in [0.29, 0.717) is 12.0 Å². The second kappa shape index (κ2) is 7.82. The number of halogens is 1. The number of aryl methyl sites for hydroxylation is 1. The molecule has 0 unspecified atom stereocenters. The van der Waals surface area contributed by atoms with E-state index in [1.165, 1.54) is 6.07 Å². The highest BCUT2D eigenvalue weighted by atomic mass is 19.1. The van der Waals surface area contributed by atoms with Crippen LogP contribution in [0, 0.1) is 12.7 Å². The Morgan fingerprint density at radius 2 is 2.11 bits per heavy atom. The fourth-order valence-electron chi connectivity index (χ4n) is 1.75. The molecule has 3 nitrogen and oxygen atoms in total. The summed E-state index contributed by atoms with van der Waals surface area (Å²) in [4.78, 5) is 10.3. The Labute approximate surface area is 107 Å². The van der Waals surface area contributed by atoms with Crippen LogP contribution >= 0.6 is 0 Å². The first-order chi connectivity index (χ1) is 8.59. The van der Waals surface area contributed by atoms with Crippen molar-refractivity contribution in [1.29, 1.82) is 0 Å². The molecule has 0 heterocycles. The van der Waals surface area contributed by atoms with Gasteiger partial charge in [0.05, 0.1) is 0 Å². The summed E-state index contributed by atoms with van der Waals surface area (Å²) in [7, 11) is 0. The fraction of sp³-hybridized carbons (Fsp3) is 0.500. The summed E-state index contributed by atoms with van der Waals surface area (Å²) >= 11 is 0. The number of hydrogen-bond donors (Lipinski definition) is 2. The predicted molar refractivity (Wildman–Crippen MR) is 69.2 cm³/mol. The third kappa shape index (κ3) is 5.77. The van der Waals surface area contributed by atoms with Gasteiger partial charge in [-0.25, -0.2) is 4.39 Å². The molecule has 0 bridgehead atoms. The molecule has 0 saturated carbocycles. The van der Waals surface area contributed by atoms with Crippen LogP contribution < -0.4 is 5.32 Å². The first kappa shape index (κ1) is 14.6. The minimum absolute atomic E-state index is 0.166. The van der Waals surface area contributed by atoms with Gasteiger partial charge in [0, 0.05) is 6.42 Å². The van der Waals surface area contributed by atoms with Gasteiger partial charge in [0.1, 0.15) is 5.82 Å². The molecule has 0 aliphatic heterocycles. The molecule has 1 aromatic carbocycles. The molecule has 18 heavy (non-hydrogen) atoms. The number of carboxylic acids is 1. The molecule has 0 aliphatic rings. The lowest BCUT2D eigenvalue weighted by Crippen LogP contribution is -2.18. The molecule has 0 aliphatic carbocycles. The second-order valence-electron chi connectivity index (χ2n) is 4.43. The van der Waals surface area contributed by atoms with Crippen molar-refractivity contribution in [2.45, 2.75) is 32.6 Å². The number of aliphatic carboxylic acids is 1. The number of benzene rings is 1. The maximum absolute atomic E-state index is 13.0. The van der Waals surface area contributed by atoms with Crippen LogP contribution in [0.3, 0.4) is 0 Å². The Hall–Kier alpha value is -1.42. The first-order valence-corrected chi connectivity index (χ1v) is 6.27. The van der Waals surface area contributed by atoms with Crippen molar-refractivity contribution in [2.75, 3.05) is 13.1 Å². The van der Waals surface area contributed by atoms with Gasteiger partial charge in [0.2, 0.25) is 0 Å². The molecule has 0 radical (unpaired) electrons. The number of rotatable bonds is 8. The van der Waals surface area contributed by atoms with E-state index in [4.69, 9.17) is 5.11 Å². The highest BCUT2D eigenvalue weighted by Crippen LogP contribution is 2.09. The van der Waals surface area contributed by atoms with Crippen LogP contribution in [0.15, 0.2) is 18.2 Å². The fourth-order valence-corrected chi connectivity index (χ4v) is 1.75. The van der Waals surface area contributed by atoms with E-state index in [0.717, 1.165) is 31.5 Å². The van der Waals surface area contributed by atoms with E-state index in [1.807, 2.05) is 6.07 Å². The van der Waals surface area contributed by atoms with Crippen molar-refractivity contribution in [3.63, 3.8) is 0 Å². The summed E-state index contributed by atoms with van der Waals surface area (Å²) in [6.45, 7) is 3.42. The normalized spacial score (nSPS) is 10.6. The number of carboxylic acid groups (broad SMARTS) is 1. The van der Waals surface area contributed by atoms with Crippen LogP contribution in [0.5, 0.6) is 0 Å². The van der Waals surface area contributed by atoms with Crippen LogP contribution in [0.4, 0.5) is 4.39 Å². The van der Waals surface area contributed by atoms with E-state index >= 15 is 0 Å². The van der Waals surface area contributed by atoms with E-state index < -0.39 is 5.97 Å². The lowest BCUT2D eigenvalue weighted by Gasteiger charge is -2.05. The molecule has 0 atom stereocenters. The monoisotopic (exact) mass is 253 g/mol. The summed E-state index contributed by atoms with van der Waals surface area (Å²) in [5, 5.41) is 11.7. The molecular weight excluding hydrogens is 233 g/mol. The smallest absolute Gasteiger partial charge is 0.303 e. The zero-order valence-electron chi connectivity index (χ0n) is 10.7. The van der Waals surface area contributed by atoms with Gasteiger partial charge in [-0.05, 0) is 56.5 Å². The summed E-state index contributed by atoms with van der Waals surface area (Å²) in [6.07, 6.45) is 2.67. The average Bonchev–Trinajstić information content (AvgIpc) is 2.32. The summed E-state index contributed by atoms with van der Waals surface area (Å²) in [6, 6.07) is 5.16. The van der Waals surface area contributed by atoms with Gasteiger partial charge >= 0.3 is 5.97 Å². The van der Waals surface area contributed by atoms with Crippen molar-refractivity contribution >= 4 is 5.97 Å². The Kier molecular flexibility index (Phi) is 6.36. The molecule has 100 valence electrons. The van der Waals surface area contributed by atoms with Crippen molar-refractivity contribution in [3.8, 4) is 0 Å². The van der Waals surface area contributed by atoms with Crippen LogP contribution in [0.25, 0.3) is 0 Å². The predicted octanol–water partition coefficient (Wildman–Crippen LogP) is 2.52. The Balaban J connectivity index is 2.10.